The van der Waals surface area contributed by atoms with E-state index in [1.165, 1.54) is 16.8 Å². The molecule has 1 aromatic carbocycles. The Balaban J connectivity index is 1.34. The predicted octanol–water partition coefficient (Wildman–Crippen LogP) is 3.33. The second kappa shape index (κ2) is 6.39. The van der Waals surface area contributed by atoms with Crippen LogP contribution < -0.4 is 5.32 Å². The first-order valence-electron chi connectivity index (χ1n) is 7.70. The largest absolute Gasteiger partial charge is 0.314 e. The Bertz CT molecular complexity index is 570. The summed E-state index contributed by atoms with van der Waals surface area (Å²) in [4.78, 5) is 0. The molecule has 2 aromatic rings. The molecule has 0 spiro atoms. The molecule has 0 unspecified atom stereocenters. The third-order valence-corrected chi connectivity index (χ3v) is 4.47. The summed E-state index contributed by atoms with van der Waals surface area (Å²) < 4.78 is 12.9. The fourth-order valence-corrected chi connectivity index (χ4v) is 3.00. The van der Waals surface area contributed by atoms with E-state index in [4.69, 9.17) is 0 Å². The van der Waals surface area contributed by atoms with Gasteiger partial charge in [-0.15, -0.1) is 0 Å². The van der Waals surface area contributed by atoms with Crippen LogP contribution in [0.4, 0.5) is 4.39 Å². The Morgan fingerprint density at radius 1 is 1.29 bits per heavy atom. The van der Waals surface area contributed by atoms with E-state index in [2.05, 4.69) is 22.4 Å². The van der Waals surface area contributed by atoms with Gasteiger partial charge < -0.3 is 5.32 Å². The van der Waals surface area contributed by atoms with Crippen molar-refractivity contribution in [2.24, 2.45) is 0 Å². The SMILES string of the molecule is Cc1[nH]ncc1CCCNC1CC(c2ccc(F)cc2)C1. The number of aromatic amines is 1. The molecule has 0 aliphatic heterocycles. The minimum absolute atomic E-state index is 0.151. The topological polar surface area (TPSA) is 40.7 Å². The number of aromatic nitrogens is 2. The Hall–Kier alpha value is -1.68. The third kappa shape index (κ3) is 3.50. The highest BCUT2D eigenvalue weighted by atomic mass is 19.1. The van der Waals surface area contributed by atoms with Crippen LogP contribution in [0.1, 0.15) is 42.0 Å². The molecule has 0 radical (unpaired) electrons. The van der Waals surface area contributed by atoms with Crippen LogP contribution in [0.2, 0.25) is 0 Å². The lowest BCUT2D eigenvalue weighted by Crippen LogP contribution is -2.40. The number of rotatable bonds is 6. The molecule has 3 nitrogen and oxygen atoms in total. The highest BCUT2D eigenvalue weighted by molar-refractivity contribution is 5.23. The van der Waals surface area contributed by atoms with Crippen LogP contribution in [0.25, 0.3) is 0 Å². The molecule has 1 aromatic heterocycles. The lowest BCUT2D eigenvalue weighted by Gasteiger charge is -2.36. The third-order valence-electron chi connectivity index (χ3n) is 4.47. The highest BCUT2D eigenvalue weighted by Crippen LogP contribution is 2.36. The van der Waals surface area contributed by atoms with Crippen molar-refractivity contribution in [3.05, 3.63) is 53.1 Å². The van der Waals surface area contributed by atoms with Gasteiger partial charge in [0.25, 0.3) is 0 Å². The summed E-state index contributed by atoms with van der Waals surface area (Å²) in [5, 5.41) is 10.6. The average molecular weight is 287 g/mol. The molecule has 112 valence electrons. The minimum atomic E-state index is -0.151. The Morgan fingerprint density at radius 3 is 2.71 bits per heavy atom. The van der Waals surface area contributed by atoms with E-state index in [1.54, 1.807) is 12.1 Å². The number of nitrogens with one attached hydrogen (secondary N) is 2. The van der Waals surface area contributed by atoms with Gasteiger partial charge in [-0.2, -0.15) is 5.10 Å². The van der Waals surface area contributed by atoms with Gasteiger partial charge in [-0.05, 0) is 68.3 Å². The molecule has 1 fully saturated rings. The van der Waals surface area contributed by atoms with E-state index < -0.39 is 0 Å². The summed E-state index contributed by atoms with van der Waals surface area (Å²) >= 11 is 0. The van der Waals surface area contributed by atoms with Crippen molar-refractivity contribution < 1.29 is 4.39 Å². The molecule has 0 bridgehead atoms. The second-order valence-corrected chi connectivity index (χ2v) is 5.99. The Labute approximate surface area is 125 Å². The first-order chi connectivity index (χ1) is 10.2. The van der Waals surface area contributed by atoms with Gasteiger partial charge in [0.15, 0.2) is 0 Å². The van der Waals surface area contributed by atoms with Crippen molar-refractivity contribution in [3.63, 3.8) is 0 Å². The molecule has 0 amide bonds. The Kier molecular flexibility index (Phi) is 4.34. The summed E-state index contributed by atoms with van der Waals surface area (Å²) in [5.41, 5.74) is 3.76. The fourth-order valence-electron chi connectivity index (χ4n) is 3.00. The van der Waals surface area contributed by atoms with Crippen molar-refractivity contribution in [1.29, 1.82) is 0 Å². The summed E-state index contributed by atoms with van der Waals surface area (Å²) in [6.07, 6.45) is 6.46. The molecule has 0 atom stereocenters. The Morgan fingerprint density at radius 2 is 2.05 bits per heavy atom. The molecule has 1 aliphatic carbocycles. The van der Waals surface area contributed by atoms with E-state index in [1.807, 2.05) is 18.3 Å². The van der Waals surface area contributed by atoms with Crippen molar-refractivity contribution in [2.75, 3.05) is 6.54 Å². The summed E-state index contributed by atoms with van der Waals surface area (Å²) in [5.74, 6) is 0.446. The van der Waals surface area contributed by atoms with Gasteiger partial charge in [-0.3, -0.25) is 5.10 Å². The molecule has 1 aliphatic rings. The molecule has 3 rings (SSSR count). The maximum atomic E-state index is 12.9. The standard InChI is InChI=1S/C17H22FN3/c1-12-14(11-20-21-12)3-2-8-19-17-9-15(10-17)13-4-6-16(18)7-5-13/h4-7,11,15,17,19H,2-3,8-10H2,1H3,(H,20,21). The summed E-state index contributed by atoms with van der Waals surface area (Å²) in [6.45, 7) is 3.11. The van der Waals surface area contributed by atoms with E-state index in [0.717, 1.165) is 32.2 Å². The molecule has 1 saturated carbocycles. The maximum absolute atomic E-state index is 12.9. The van der Waals surface area contributed by atoms with E-state index in [-0.39, 0.29) is 5.82 Å². The molecular formula is C17H22FN3. The average Bonchev–Trinajstić information content (AvgIpc) is 2.84. The van der Waals surface area contributed by atoms with Crippen LogP contribution in [0.3, 0.4) is 0 Å². The number of hydrogen-bond acceptors (Lipinski definition) is 2. The van der Waals surface area contributed by atoms with Gasteiger partial charge in [-0.1, -0.05) is 12.1 Å². The van der Waals surface area contributed by atoms with Crippen molar-refractivity contribution in [3.8, 4) is 0 Å². The van der Waals surface area contributed by atoms with Gasteiger partial charge in [0, 0.05) is 11.7 Å². The minimum Gasteiger partial charge on any atom is -0.314 e. The number of H-pyrrole nitrogens is 1. The molecule has 1 heterocycles. The smallest absolute Gasteiger partial charge is 0.123 e. The number of nitrogens with zero attached hydrogens (tertiary/aromatic N) is 1. The quantitative estimate of drug-likeness (QED) is 0.800. The van der Waals surface area contributed by atoms with Crippen molar-refractivity contribution in [2.45, 2.75) is 44.6 Å². The molecular weight excluding hydrogens is 265 g/mol. The van der Waals surface area contributed by atoms with Crippen LogP contribution >= 0.6 is 0 Å². The molecule has 0 saturated heterocycles. The zero-order chi connectivity index (χ0) is 14.7. The van der Waals surface area contributed by atoms with E-state index >= 15 is 0 Å². The number of halogens is 1. The summed E-state index contributed by atoms with van der Waals surface area (Å²) in [7, 11) is 0. The zero-order valence-corrected chi connectivity index (χ0v) is 12.4. The van der Waals surface area contributed by atoms with Crippen molar-refractivity contribution >= 4 is 0 Å². The second-order valence-electron chi connectivity index (χ2n) is 5.99. The van der Waals surface area contributed by atoms with Crippen LogP contribution in [0.15, 0.2) is 30.5 Å². The zero-order valence-electron chi connectivity index (χ0n) is 12.4. The fraction of sp³-hybridized carbons (Fsp3) is 0.471. The van der Waals surface area contributed by atoms with Crippen LogP contribution in [-0.4, -0.2) is 22.8 Å². The van der Waals surface area contributed by atoms with Crippen LogP contribution in [-0.2, 0) is 6.42 Å². The normalized spacial score (nSPS) is 21.2. The van der Waals surface area contributed by atoms with Crippen molar-refractivity contribution in [1.82, 2.24) is 15.5 Å². The molecule has 2 N–H and O–H groups in total. The first kappa shape index (κ1) is 14.3. The highest BCUT2D eigenvalue weighted by Gasteiger charge is 2.29. The van der Waals surface area contributed by atoms with Gasteiger partial charge in [-0.25, -0.2) is 4.39 Å². The van der Waals surface area contributed by atoms with Gasteiger partial charge >= 0.3 is 0 Å². The molecule has 21 heavy (non-hydrogen) atoms. The monoisotopic (exact) mass is 287 g/mol. The van der Waals surface area contributed by atoms with Crippen LogP contribution in [0.5, 0.6) is 0 Å². The van der Waals surface area contributed by atoms with Gasteiger partial charge in [0.1, 0.15) is 5.82 Å². The first-order valence-corrected chi connectivity index (χ1v) is 7.70. The van der Waals surface area contributed by atoms with Gasteiger partial charge in [0.2, 0.25) is 0 Å². The number of benzene rings is 1. The number of aryl methyl sites for hydroxylation is 2. The number of hydrogen-bond donors (Lipinski definition) is 2. The summed E-state index contributed by atoms with van der Waals surface area (Å²) in [6, 6.07) is 7.56. The van der Waals surface area contributed by atoms with Gasteiger partial charge in [0.05, 0.1) is 6.20 Å². The lowest BCUT2D eigenvalue weighted by molar-refractivity contribution is 0.290. The van der Waals surface area contributed by atoms with E-state index in [9.17, 15) is 4.39 Å². The molecule has 4 heteroatoms. The maximum Gasteiger partial charge on any atom is 0.123 e. The lowest BCUT2D eigenvalue weighted by atomic mass is 9.76. The van der Waals surface area contributed by atoms with Crippen LogP contribution in [0, 0.1) is 12.7 Å². The van der Waals surface area contributed by atoms with E-state index in [0.29, 0.717) is 12.0 Å². The predicted molar refractivity (Wildman–Crippen MR) is 81.8 cm³/mol.